The highest BCUT2D eigenvalue weighted by Gasteiger charge is 2.35. The number of carbonyl (C=O) groups excluding carboxylic acids is 2. The number of hydrogen-bond acceptors (Lipinski definition) is 4. The van der Waals surface area contributed by atoms with Gasteiger partial charge in [-0.05, 0) is 38.5 Å². The van der Waals surface area contributed by atoms with Crippen LogP contribution in [-0.4, -0.2) is 50.9 Å². The van der Waals surface area contributed by atoms with Gasteiger partial charge in [0.15, 0.2) is 0 Å². The van der Waals surface area contributed by atoms with E-state index in [9.17, 15) is 14.4 Å². The van der Waals surface area contributed by atoms with Crippen molar-refractivity contribution in [2.75, 3.05) is 19.6 Å². The molecule has 3 amide bonds. The molecule has 3 aliphatic rings. The molecule has 0 aromatic carbocycles. The highest BCUT2D eigenvalue weighted by molar-refractivity contribution is 5.81. The Morgan fingerprint density at radius 3 is 2.70 bits per heavy atom. The molecule has 2 fully saturated rings. The molecule has 3 heterocycles. The monoisotopic (exact) mass is 373 g/mol. The third kappa shape index (κ3) is 3.57. The average molecular weight is 373 g/mol. The van der Waals surface area contributed by atoms with E-state index in [0.717, 1.165) is 38.8 Å². The molecule has 1 saturated heterocycles. The predicted molar refractivity (Wildman–Crippen MR) is 98.9 cm³/mol. The number of hydrogen-bond donors (Lipinski definition) is 1. The maximum Gasteiger partial charge on any atom is 0.318 e. The molecule has 8 nitrogen and oxygen atoms in total. The molecule has 2 aliphatic heterocycles. The van der Waals surface area contributed by atoms with Crippen molar-refractivity contribution < 1.29 is 9.59 Å². The maximum absolute atomic E-state index is 12.6. The van der Waals surface area contributed by atoms with Crippen molar-refractivity contribution in [3.8, 4) is 0 Å². The quantitative estimate of drug-likeness (QED) is 0.847. The van der Waals surface area contributed by atoms with Gasteiger partial charge < -0.3 is 15.1 Å². The normalized spacial score (nSPS) is 21.9. The van der Waals surface area contributed by atoms with Crippen LogP contribution >= 0.6 is 0 Å². The maximum atomic E-state index is 12.6. The summed E-state index contributed by atoms with van der Waals surface area (Å²) in [5.41, 5.74) is 1.23. The summed E-state index contributed by atoms with van der Waals surface area (Å²) in [5, 5.41) is 2.99. The highest BCUT2D eigenvalue weighted by Crippen LogP contribution is 2.32. The van der Waals surface area contributed by atoms with Gasteiger partial charge >= 0.3 is 6.03 Å². The lowest BCUT2D eigenvalue weighted by atomic mass is 9.97. The minimum Gasteiger partial charge on any atom is -0.342 e. The number of aromatic nitrogens is 2. The Hall–Kier alpha value is -2.38. The lowest BCUT2D eigenvalue weighted by Crippen LogP contribution is -2.46. The summed E-state index contributed by atoms with van der Waals surface area (Å²) >= 11 is 0. The number of nitrogens with one attached hydrogen (secondary N) is 1. The number of urea groups is 1. The third-order valence-electron chi connectivity index (χ3n) is 5.97. The Labute approximate surface area is 158 Å². The second-order valence-electron chi connectivity index (χ2n) is 8.06. The molecule has 1 N–H and O–H groups in total. The zero-order chi connectivity index (χ0) is 19.1. The number of aryl methyl sites for hydroxylation is 1. The van der Waals surface area contributed by atoms with E-state index in [1.165, 1.54) is 4.57 Å². The van der Waals surface area contributed by atoms with Gasteiger partial charge in [-0.2, -0.15) is 0 Å². The van der Waals surface area contributed by atoms with Crippen molar-refractivity contribution in [1.82, 2.24) is 24.7 Å². The van der Waals surface area contributed by atoms with Crippen LogP contribution in [0.5, 0.6) is 0 Å². The van der Waals surface area contributed by atoms with Crippen molar-refractivity contribution in [2.45, 2.75) is 45.7 Å². The van der Waals surface area contributed by atoms with E-state index in [0.29, 0.717) is 48.5 Å². The van der Waals surface area contributed by atoms with E-state index in [1.807, 2.05) is 4.90 Å². The van der Waals surface area contributed by atoms with Gasteiger partial charge in [0.25, 0.3) is 5.56 Å². The first-order chi connectivity index (χ1) is 12.9. The van der Waals surface area contributed by atoms with Crippen molar-refractivity contribution in [1.29, 1.82) is 0 Å². The molecule has 1 aromatic rings. The summed E-state index contributed by atoms with van der Waals surface area (Å²) in [6.07, 6.45) is 4.07. The zero-order valence-corrected chi connectivity index (χ0v) is 16.0. The predicted octanol–water partition coefficient (Wildman–Crippen LogP) is 0.763. The van der Waals surface area contributed by atoms with Crippen LogP contribution in [0, 0.1) is 18.8 Å². The number of nitrogens with zero attached hydrogens (tertiary/aromatic N) is 4. The lowest BCUT2D eigenvalue weighted by Gasteiger charge is -2.33. The van der Waals surface area contributed by atoms with E-state index in [1.54, 1.807) is 18.9 Å². The molecule has 0 spiro atoms. The molecule has 146 valence electrons. The molecular formula is C19H27N5O3. The van der Waals surface area contributed by atoms with Crippen molar-refractivity contribution >= 4 is 11.9 Å². The first-order valence-corrected chi connectivity index (χ1v) is 9.81. The molecule has 0 bridgehead atoms. The SMILES string of the molecule is Cc1nc2c(c(=O)n1C)CN(C(=O)NC[C@H]1CCCN(C(=O)C3CC3)C1)C2. The first-order valence-electron chi connectivity index (χ1n) is 9.81. The van der Waals surface area contributed by atoms with Crippen LogP contribution in [0.3, 0.4) is 0 Å². The fourth-order valence-electron chi connectivity index (χ4n) is 4.04. The Morgan fingerprint density at radius 2 is 1.96 bits per heavy atom. The number of piperidine rings is 1. The van der Waals surface area contributed by atoms with E-state index in [2.05, 4.69) is 10.3 Å². The molecule has 0 radical (unpaired) electrons. The zero-order valence-electron chi connectivity index (χ0n) is 16.0. The minimum absolute atomic E-state index is 0.0747. The van der Waals surface area contributed by atoms with Crippen molar-refractivity contribution in [3.63, 3.8) is 0 Å². The van der Waals surface area contributed by atoms with Gasteiger partial charge in [-0.15, -0.1) is 0 Å². The summed E-state index contributed by atoms with van der Waals surface area (Å²) in [6, 6.07) is -0.168. The molecule has 0 unspecified atom stereocenters. The van der Waals surface area contributed by atoms with E-state index >= 15 is 0 Å². The molecule has 27 heavy (non-hydrogen) atoms. The third-order valence-corrected chi connectivity index (χ3v) is 5.97. The van der Waals surface area contributed by atoms with E-state index in [4.69, 9.17) is 0 Å². The van der Waals surface area contributed by atoms with Gasteiger partial charge in [-0.1, -0.05) is 0 Å². The van der Waals surface area contributed by atoms with Crippen LogP contribution < -0.4 is 10.9 Å². The Morgan fingerprint density at radius 1 is 1.19 bits per heavy atom. The largest absolute Gasteiger partial charge is 0.342 e. The van der Waals surface area contributed by atoms with Crippen LogP contribution in [-0.2, 0) is 24.9 Å². The molecule has 4 rings (SSSR count). The highest BCUT2D eigenvalue weighted by atomic mass is 16.2. The molecule has 8 heteroatoms. The number of rotatable bonds is 3. The van der Waals surface area contributed by atoms with Gasteiger partial charge in [-0.25, -0.2) is 9.78 Å². The second kappa shape index (κ2) is 6.98. The number of fused-ring (bicyclic) bond motifs is 1. The van der Waals surface area contributed by atoms with Gasteiger partial charge in [0.1, 0.15) is 5.82 Å². The fraction of sp³-hybridized carbons (Fsp3) is 0.684. The summed E-state index contributed by atoms with van der Waals surface area (Å²) in [6.45, 7) is 4.60. The first kappa shape index (κ1) is 18.0. The summed E-state index contributed by atoms with van der Waals surface area (Å²) in [4.78, 5) is 45.2. The van der Waals surface area contributed by atoms with Crippen molar-refractivity contribution in [3.05, 3.63) is 27.4 Å². The van der Waals surface area contributed by atoms with Gasteiger partial charge in [-0.3, -0.25) is 14.2 Å². The van der Waals surface area contributed by atoms with Crippen LogP contribution in [0.2, 0.25) is 0 Å². The molecule has 1 saturated carbocycles. The Bertz CT molecular complexity index is 829. The minimum atomic E-state index is -0.168. The summed E-state index contributed by atoms with van der Waals surface area (Å²) in [7, 11) is 1.70. The standard InChI is InChI=1S/C19H27N5O3/c1-12-21-16-11-24(10-15(16)18(26)22(12)2)19(27)20-8-13-4-3-7-23(9-13)17(25)14-5-6-14/h13-14H,3-11H2,1-2H3,(H,20,27)/t13-/m1/s1. The van der Waals surface area contributed by atoms with Crippen molar-refractivity contribution in [2.24, 2.45) is 18.9 Å². The summed E-state index contributed by atoms with van der Waals surface area (Å²) in [5.74, 6) is 1.49. The smallest absolute Gasteiger partial charge is 0.318 e. The summed E-state index contributed by atoms with van der Waals surface area (Å²) < 4.78 is 1.52. The van der Waals surface area contributed by atoms with E-state index < -0.39 is 0 Å². The van der Waals surface area contributed by atoms with Gasteiger partial charge in [0, 0.05) is 32.6 Å². The molecule has 1 aliphatic carbocycles. The van der Waals surface area contributed by atoms with Crippen LogP contribution in [0.25, 0.3) is 0 Å². The van der Waals surface area contributed by atoms with E-state index in [-0.39, 0.29) is 17.5 Å². The Balaban J connectivity index is 1.32. The number of amides is 3. The lowest BCUT2D eigenvalue weighted by molar-refractivity contribution is -0.134. The number of likely N-dealkylation sites (tertiary alicyclic amines) is 1. The topological polar surface area (TPSA) is 87.5 Å². The second-order valence-corrected chi connectivity index (χ2v) is 8.06. The molecule has 1 atom stereocenters. The molecule has 1 aromatic heterocycles. The van der Waals surface area contributed by atoms with Gasteiger partial charge in [0.05, 0.1) is 24.3 Å². The fourth-order valence-corrected chi connectivity index (χ4v) is 4.04. The average Bonchev–Trinajstić information content (AvgIpc) is 3.43. The van der Waals surface area contributed by atoms with Crippen LogP contribution in [0.15, 0.2) is 4.79 Å². The Kier molecular flexibility index (Phi) is 4.65. The number of carbonyl (C=O) groups is 2. The van der Waals surface area contributed by atoms with Crippen LogP contribution in [0.1, 0.15) is 42.8 Å². The molecular weight excluding hydrogens is 346 g/mol. The van der Waals surface area contributed by atoms with Crippen LogP contribution in [0.4, 0.5) is 4.79 Å². The van der Waals surface area contributed by atoms with Gasteiger partial charge in [0.2, 0.25) is 5.91 Å².